The Balaban J connectivity index is 1.11. The average molecular weight is 1800 g/mol. The molecule has 3 fully saturated rings. The minimum atomic E-state index is -1.86. The van der Waals surface area contributed by atoms with Gasteiger partial charge >= 0.3 is 0 Å². The number of nitrogens with zero attached hydrogens (tertiary/aromatic N) is 5. The van der Waals surface area contributed by atoms with Crippen molar-refractivity contribution in [2.24, 2.45) is 11.8 Å². The lowest BCUT2D eigenvalue weighted by molar-refractivity contribution is -0.152. The van der Waals surface area contributed by atoms with Gasteiger partial charge in [0.15, 0.2) is 17.5 Å². The summed E-state index contributed by atoms with van der Waals surface area (Å²) in [6, 6.07) is 9.67. The molecule has 0 unspecified atom stereocenters. The summed E-state index contributed by atoms with van der Waals surface area (Å²) in [6.07, 6.45) is -1.02. The highest BCUT2D eigenvalue weighted by Crippen LogP contribution is 2.28. The lowest BCUT2D eigenvalue weighted by Gasteiger charge is -2.38. The first-order valence-electron chi connectivity index (χ1n) is 42.3. The Bertz CT molecular complexity index is 4920. The van der Waals surface area contributed by atoms with E-state index in [2.05, 4.69) is 47.5 Å². The van der Waals surface area contributed by atoms with Gasteiger partial charge in [-0.25, -0.2) is 13.2 Å². The number of aromatic amines is 1. The zero-order chi connectivity index (χ0) is 93.2. The number of halogens is 3. The van der Waals surface area contributed by atoms with Crippen molar-refractivity contribution in [3.8, 4) is 5.75 Å². The molecule has 688 valence electrons. The Hall–Kier alpha value is -12.7. The number of phenolic OH excluding ortho intramolecular Hbond substituents is 1. The number of aliphatic hydroxyl groups is 1. The van der Waals surface area contributed by atoms with Gasteiger partial charge < -0.3 is 96.5 Å². The molecule has 0 radical (unpaired) electrons. The summed E-state index contributed by atoms with van der Waals surface area (Å²) in [5.74, 6) is -20.0. The van der Waals surface area contributed by atoms with Crippen LogP contribution in [0.2, 0.25) is 0 Å². The van der Waals surface area contributed by atoms with Gasteiger partial charge in [0.1, 0.15) is 97.8 Å². The number of thioether (sulfide) groups is 1. The van der Waals surface area contributed by atoms with Gasteiger partial charge in [0.05, 0.1) is 17.9 Å². The van der Waals surface area contributed by atoms with Crippen LogP contribution in [0.1, 0.15) is 107 Å². The maximum Gasteiger partial charge on any atom is 0.293 e. The molecule has 6 aromatic rings. The van der Waals surface area contributed by atoms with Gasteiger partial charge in [-0.15, -0.1) is 11.8 Å². The number of ether oxygens (including phenoxy) is 2. The molecule has 34 nitrogen and oxygen atoms in total. The van der Waals surface area contributed by atoms with Crippen LogP contribution in [0.5, 0.6) is 5.75 Å². The molecule has 1 aromatic heterocycles. The fraction of sp³-hybridized carbons (Fsp3) is 0.467. The van der Waals surface area contributed by atoms with Crippen LogP contribution < -0.4 is 42.5 Å². The summed E-state index contributed by atoms with van der Waals surface area (Å²) in [7, 11) is 3.71. The number of benzene rings is 5. The SMILES string of the molecule is CCCC[C@H]1C(=O)N2C[C@H](O)C[C@@H]2C(=O)N[C@@H](COC=O)C(=O)N[C@@H](C(C)C)C(=O)N(C)[C@@H](Cc2ccccc2)C(=O)N[C@@H](COC=O)C(=O)N2CCC[C@@H]2C(=O)N[C@@H](Cc2c[nH]c3ccccc23)C(=O)N[C@@H](Cc2ccc(O)cc2)C(=O)N[C@@H](CC(C)C)C(=O)N[C@H](C=O)CSCC(=O)N[C@@H](Cc2cc(F)c(F)c(F)c2)C(=O)N(C)[C@@H](Cc2ccccc2)C(=O)N1C. The number of amides is 13. The third-order valence-corrected chi connectivity index (χ3v) is 23.8. The Morgan fingerprint density at radius 3 is 1.66 bits per heavy atom. The zero-order valence-corrected chi connectivity index (χ0v) is 73.2. The smallest absolute Gasteiger partial charge is 0.293 e. The molecule has 128 heavy (non-hydrogen) atoms. The first kappa shape index (κ1) is 99.0. The van der Waals surface area contributed by atoms with Crippen molar-refractivity contribution in [1.82, 2.24) is 72.0 Å². The number of hydrogen-bond acceptors (Lipinski definition) is 21. The molecule has 9 rings (SSSR count). The lowest BCUT2D eigenvalue weighted by atomic mass is 9.98. The monoisotopic (exact) mass is 1800 g/mol. The molecule has 0 saturated carbocycles. The number of nitrogens with one attached hydrogen (secondary N) is 9. The molecule has 0 aliphatic carbocycles. The molecule has 13 amide bonds. The Morgan fingerprint density at radius 1 is 0.516 bits per heavy atom. The Morgan fingerprint density at radius 2 is 1.05 bits per heavy atom. The molecule has 0 spiro atoms. The normalized spacial score (nSPS) is 24.6. The topological polar surface area (TPSA) is 460 Å². The van der Waals surface area contributed by atoms with E-state index in [4.69, 9.17) is 9.47 Å². The minimum absolute atomic E-state index is 0.0198. The fourth-order valence-corrected chi connectivity index (χ4v) is 16.6. The number of fused-ring (bicyclic) bond motifs is 3. The van der Waals surface area contributed by atoms with Crippen LogP contribution in [0.25, 0.3) is 10.9 Å². The number of carbonyl (C=O) groups is 16. The van der Waals surface area contributed by atoms with E-state index in [1.807, 2.05) is 0 Å². The second-order valence-corrected chi connectivity index (χ2v) is 34.0. The van der Waals surface area contributed by atoms with Crippen LogP contribution in [0.15, 0.2) is 128 Å². The largest absolute Gasteiger partial charge is 0.508 e. The molecular weight excluding hydrogens is 1690 g/mol. The van der Waals surface area contributed by atoms with E-state index in [0.717, 1.165) is 36.3 Å². The number of likely N-dealkylation sites (N-methyl/N-ethyl adjacent to an activating group) is 3. The van der Waals surface area contributed by atoms with Gasteiger partial charge in [-0.1, -0.05) is 138 Å². The van der Waals surface area contributed by atoms with Crippen molar-refractivity contribution in [3.05, 3.63) is 173 Å². The van der Waals surface area contributed by atoms with Crippen LogP contribution in [-0.2, 0) is 118 Å². The van der Waals surface area contributed by atoms with E-state index in [9.17, 15) is 48.2 Å². The molecule has 0 bridgehead atoms. The summed E-state index contributed by atoms with van der Waals surface area (Å²) in [5, 5.41) is 43.5. The molecular formula is C90H111F3N14O20S. The van der Waals surface area contributed by atoms with Gasteiger partial charge in [-0.3, -0.25) is 71.9 Å². The van der Waals surface area contributed by atoms with Gasteiger partial charge in [0, 0.05) is 95.6 Å². The van der Waals surface area contributed by atoms with E-state index >= 15 is 51.9 Å². The van der Waals surface area contributed by atoms with E-state index in [-0.39, 0.29) is 100 Å². The van der Waals surface area contributed by atoms with Crippen LogP contribution in [-0.4, -0.2) is 279 Å². The first-order valence-corrected chi connectivity index (χ1v) is 43.5. The molecule has 14 atom stereocenters. The third-order valence-electron chi connectivity index (χ3n) is 22.8. The molecule has 3 aliphatic heterocycles. The standard InChI is InChI=1S/C90H111F3N14O20S/c1-9-10-26-72-89(124)107-43-60(112)41-74(107)85(120)100-69(45-126-49-109)82(117)102-78(52(4)5)90(125)104(7)73(38-53-20-13-11-14-21-53)84(119)101-70(46-127-50-110)87(122)106-32-19-27-71(106)83(118)99-67(40-57-42-94-64-25-18-17-24-61(57)64)81(116)98-66(36-55-28-30-59(111)31-29-55)80(115)97-65(33-51(2)3)79(114)95-58(44-108)47-128-48-76(113)96-68(37-56-34-62(91)77(93)63(92)35-56)86(121)105(8)75(88(123)103(72)6)39-54-22-15-12-16-23-54/h11-18,20-25,28-31,34-35,42,44,49-52,58,60,65-75,78,94,111-112H,9-10,19,26-27,32-33,36-41,43,45-48H2,1-8H3,(H,95,114)(H,96,113)(H,97,115)(H,98,116)(H,99,118)(H,100,120)(H,101,119)(H,102,117)/t58-,60-,65+,66+,67+,68+,69+,70+,71-,72+,73+,74-,75+,78+/m1/s1. The third kappa shape index (κ3) is 26.7. The van der Waals surface area contributed by atoms with Crippen molar-refractivity contribution < 1.29 is 110 Å². The number of H-pyrrole nitrogens is 1. The number of aliphatic hydroxyl groups excluding tert-OH is 1. The number of aldehydes is 1. The van der Waals surface area contributed by atoms with Crippen molar-refractivity contribution >= 4 is 119 Å². The van der Waals surface area contributed by atoms with Crippen LogP contribution >= 0.6 is 11.8 Å². The Labute approximate surface area is 742 Å². The van der Waals surface area contributed by atoms with Crippen LogP contribution in [0.3, 0.4) is 0 Å². The number of phenols is 1. The highest BCUT2D eigenvalue weighted by Gasteiger charge is 2.48. The molecule has 38 heteroatoms. The predicted octanol–water partition coefficient (Wildman–Crippen LogP) is 2.30. The summed E-state index contributed by atoms with van der Waals surface area (Å²) < 4.78 is 55.0. The van der Waals surface area contributed by atoms with Crippen molar-refractivity contribution in [2.75, 3.05) is 59.0 Å². The van der Waals surface area contributed by atoms with Gasteiger partial charge in [-0.05, 0) is 95.7 Å². The van der Waals surface area contributed by atoms with Crippen molar-refractivity contribution in [3.63, 3.8) is 0 Å². The molecule has 3 saturated heterocycles. The lowest BCUT2D eigenvalue weighted by Crippen LogP contribution is -2.62. The zero-order valence-electron chi connectivity index (χ0n) is 72.3. The maximum atomic E-state index is 15.6. The number of aromatic nitrogens is 1. The van der Waals surface area contributed by atoms with Gasteiger partial charge in [0.2, 0.25) is 76.8 Å². The van der Waals surface area contributed by atoms with E-state index in [1.165, 1.54) is 45.4 Å². The van der Waals surface area contributed by atoms with E-state index in [0.29, 0.717) is 58.0 Å². The van der Waals surface area contributed by atoms with Crippen molar-refractivity contribution in [2.45, 2.75) is 196 Å². The van der Waals surface area contributed by atoms with Gasteiger partial charge in [-0.2, -0.15) is 0 Å². The summed E-state index contributed by atoms with van der Waals surface area (Å²) >= 11 is 0.769. The summed E-state index contributed by atoms with van der Waals surface area (Å²) in [5.41, 5.74) is 2.14. The van der Waals surface area contributed by atoms with Crippen molar-refractivity contribution in [1.29, 1.82) is 0 Å². The van der Waals surface area contributed by atoms with Gasteiger partial charge in [0.25, 0.3) is 12.9 Å². The summed E-state index contributed by atoms with van der Waals surface area (Å²) in [4.78, 5) is 242. The number of carbonyl (C=O) groups excluding carboxylic acids is 16. The first-order chi connectivity index (χ1) is 61.1. The number of hydrogen-bond donors (Lipinski definition) is 11. The number of rotatable bonds is 23. The second-order valence-electron chi connectivity index (χ2n) is 32.9. The van der Waals surface area contributed by atoms with E-state index < -0.39 is 223 Å². The summed E-state index contributed by atoms with van der Waals surface area (Å²) in [6.45, 7) is 6.01. The second kappa shape index (κ2) is 47.2. The molecule has 5 aromatic carbocycles. The number of aromatic hydroxyl groups is 1. The number of unbranched alkanes of at least 4 members (excludes halogenated alkanes) is 1. The van der Waals surface area contributed by atoms with Crippen LogP contribution in [0.4, 0.5) is 13.2 Å². The highest BCUT2D eigenvalue weighted by atomic mass is 32.2. The molecule has 11 N–H and O–H groups in total. The number of para-hydroxylation sites is 1. The predicted molar refractivity (Wildman–Crippen MR) is 461 cm³/mol. The minimum Gasteiger partial charge on any atom is -0.508 e. The fourth-order valence-electron chi connectivity index (χ4n) is 15.8. The molecule has 3 aliphatic rings. The average Bonchev–Trinajstić information content (AvgIpc) is 1.73. The molecule has 4 heterocycles. The maximum absolute atomic E-state index is 15.6. The Kier molecular flexibility index (Phi) is 36.5. The van der Waals surface area contributed by atoms with Crippen LogP contribution in [0, 0.1) is 29.3 Å². The quantitative estimate of drug-likeness (QED) is 0.0324. The van der Waals surface area contributed by atoms with E-state index in [1.54, 1.807) is 126 Å². The highest BCUT2D eigenvalue weighted by molar-refractivity contribution is 8.00.